The molecule has 3 aromatic heterocycles. The molecule has 4 heterocycles. The number of ketones is 1. The number of aromatic nitrogens is 4. The maximum atomic E-state index is 13.0. The number of alkyl halides is 3. The number of hydrogen-bond donors (Lipinski definition) is 0. The van der Waals surface area contributed by atoms with Crippen molar-refractivity contribution in [3.8, 4) is 0 Å². The van der Waals surface area contributed by atoms with Gasteiger partial charge in [-0.05, 0) is 36.5 Å². The summed E-state index contributed by atoms with van der Waals surface area (Å²) in [7, 11) is 0. The van der Waals surface area contributed by atoms with Crippen molar-refractivity contribution in [3.63, 3.8) is 0 Å². The number of fused-ring (bicyclic) bond motifs is 1. The van der Waals surface area contributed by atoms with Gasteiger partial charge >= 0.3 is 6.18 Å². The highest BCUT2D eigenvalue weighted by molar-refractivity contribution is 6.29. The number of hydrogen-bond acceptors (Lipinski definition) is 5. The van der Waals surface area contributed by atoms with Crippen LogP contribution in [-0.2, 0) is 34.0 Å². The largest absolute Gasteiger partial charge is 0.433 e. The topological polar surface area (TPSA) is 69.4 Å². The Morgan fingerprint density at radius 1 is 1.18 bits per heavy atom. The van der Waals surface area contributed by atoms with E-state index in [4.69, 9.17) is 16.3 Å². The van der Waals surface area contributed by atoms with Crippen molar-refractivity contribution in [2.75, 3.05) is 13.2 Å². The molecule has 0 aliphatic carbocycles. The van der Waals surface area contributed by atoms with Crippen LogP contribution in [0, 0.1) is 5.92 Å². The Kier molecular flexibility index (Phi) is 6.46. The van der Waals surface area contributed by atoms with Gasteiger partial charge in [0.15, 0.2) is 10.8 Å². The Labute approximate surface area is 194 Å². The van der Waals surface area contributed by atoms with Crippen LogP contribution in [0.5, 0.6) is 0 Å². The molecule has 0 N–H and O–H groups in total. The minimum Gasteiger partial charge on any atom is -0.381 e. The third-order valence-corrected chi connectivity index (χ3v) is 6.47. The second-order valence-electron chi connectivity index (χ2n) is 8.92. The van der Waals surface area contributed by atoms with Crippen molar-refractivity contribution in [2.45, 2.75) is 51.1 Å². The second kappa shape index (κ2) is 9.02. The van der Waals surface area contributed by atoms with Crippen molar-refractivity contribution in [2.24, 2.45) is 5.92 Å². The molecule has 0 spiro atoms. The SMILES string of the molecule is CC(C)(c1c(CC(=O)Cc2ccnc(C(F)(F)F)c2)cnc2cc(Cl)nn12)C1CCOCC1. The standard InChI is InChI=1S/C23H24ClF3N4O2/c1-22(2,16-4-7-33-8-5-16)21-15(13-29-20-12-19(24)30-31(20)21)11-17(32)9-14-3-6-28-18(10-14)23(25,26)27/h3,6,10,12-13,16H,4-5,7-9,11H2,1-2H3. The summed E-state index contributed by atoms with van der Waals surface area (Å²) in [6.45, 7) is 5.56. The van der Waals surface area contributed by atoms with E-state index in [1.165, 1.54) is 6.07 Å². The van der Waals surface area contributed by atoms with Gasteiger partial charge in [0.1, 0.15) is 11.5 Å². The maximum Gasteiger partial charge on any atom is 0.433 e. The molecule has 1 aliphatic rings. The normalized spacial score (nSPS) is 15.8. The highest BCUT2D eigenvalue weighted by Crippen LogP contribution is 2.39. The van der Waals surface area contributed by atoms with Crippen LogP contribution in [0.1, 0.15) is 49.2 Å². The van der Waals surface area contributed by atoms with Crippen molar-refractivity contribution < 1.29 is 22.7 Å². The number of nitrogens with zero attached hydrogens (tertiary/aromatic N) is 4. The van der Waals surface area contributed by atoms with E-state index in [9.17, 15) is 18.0 Å². The molecule has 176 valence electrons. The fourth-order valence-electron chi connectivity index (χ4n) is 4.61. The zero-order chi connectivity index (χ0) is 23.8. The van der Waals surface area contributed by atoms with E-state index in [-0.39, 0.29) is 29.6 Å². The van der Waals surface area contributed by atoms with Crippen LogP contribution in [0.4, 0.5) is 13.2 Å². The van der Waals surface area contributed by atoms with Crippen LogP contribution in [0.2, 0.25) is 5.15 Å². The summed E-state index contributed by atoms with van der Waals surface area (Å²) in [6.07, 6.45) is -0.215. The van der Waals surface area contributed by atoms with Crippen LogP contribution >= 0.6 is 11.6 Å². The van der Waals surface area contributed by atoms with Gasteiger partial charge in [-0.1, -0.05) is 25.4 Å². The van der Waals surface area contributed by atoms with E-state index < -0.39 is 11.9 Å². The van der Waals surface area contributed by atoms with E-state index >= 15 is 0 Å². The average Bonchev–Trinajstić information content (AvgIpc) is 3.13. The zero-order valence-electron chi connectivity index (χ0n) is 18.3. The summed E-state index contributed by atoms with van der Waals surface area (Å²) in [5, 5.41) is 4.71. The third-order valence-electron chi connectivity index (χ3n) is 6.29. The Morgan fingerprint density at radius 3 is 2.61 bits per heavy atom. The Morgan fingerprint density at radius 2 is 1.91 bits per heavy atom. The average molecular weight is 481 g/mol. The molecular weight excluding hydrogens is 457 g/mol. The molecule has 1 aliphatic heterocycles. The lowest BCUT2D eigenvalue weighted by Gasteiger charge is -2.38. The summed E-state index contributed by atoms with van der Waals surface area (Å²) >= 11 is 6.15. The van der Waals surface area contributed by atoms with E-state index in [0.29, 0.717) is 35.5 Å². The van der Waals surface area contributed by atoms with Gasteiger partial charge in [0, 0.05) is 55.5 Å². The predicted molar refractivity (Wildman–Crippen MR) is 116 cm³/mol. The molecule has 1 saturated heterocycles. The molecule has 4 rings (SSSR count). The first kappa shape index (κ1) is 23.6. The Balaban J connectivity index is 1.66. The smallest absolute Gasteiger partial charge is 0.381 e. The first-order valence-corrected chi connectivity index (χ1v) is 11.1. The lowest BCUT2D eigenvalue weighted by atomic mass is 9.71. The van der Waals surface area contributed by atoms with Crippen molar-refractivity contribution in [3.05, 3.63) is 58.3 Å². The number of carbonyl (C=O) groups excluding carboxylic acids is 1. The molecule has 10 heteroatoms. The highest BCUT2D eigenvalue weighted by Gasteiger charge is 2.37. The molecule has 0 aromatic carbocycles. The van der Waals surface area contributed by atoms with Gasteiger partial charge in [0.2, 0.25) is 0 Å². The molecule has 33 heavy (non-hydrogen) atoms. The second-order valence-corrected chi connectivity index (χ2v) is 9.30. The summed E-state index contributed by atoms with van der Waals surface area (Å²) < 4.78 is 46.1. The molecule has 0 amide bonds. The monoisotopic (exact) mass is 480 g/mol. The van der Waals surface area contributed by atoms with Crippen molar-refractivity contribution >= 4 is 23.0 Å². The first-order valence-electron chi connectivity index (χ1n) is 10.7. The van der Waals surface area contributed by atoms with E-state index in [1.54, 1.807) is 16.8 Å². The summed E-state index contributed by atoms with van der Waals surface area (Å²) in [5.74, 6) is 0.0703. The molecule has 0 unspecified atom stereocenters. The van der Waals surface area contributed by atoms with Crippen molar-refractivity contribution in [1.82, 2.24) is 19.6 Å². The molecule has 1 fully saturated rings. The Bertz CT molecular complexity index is 1170. The molecule has 6 nitrogen and oxygen atoms in total. The van der Waals surface area contributed by atoms with Gasteiger partial charge in [-0.2, -0.15) is 18.3 Å². The predicted octanol–water partition coefficient (Wildman–Crippen LogP) is 4.86. The summed E-state index contributed by atoms with van der Waals surface area (Å²) in [5.41, 5.74) is 0.998. The maximum absolute atomic E-state index is 13.0. The summed E-state index contributed by atoms with van der Waals surface area (Å²) in [6, 6.07) is 4.00. The molecule has 3 aromatic rings. The first-order chi connectivity index (χ1) is 15.6. The van der Waals surface area contributed by atoms with Crippen LogP contribution in [-0.4, -0.2) is 38.6 Å². The fourth-order valence-corrected chi connectivity index (χ4v) is 4.78. The van der Waals surface area contributed by atoms with E-state index in [2.05, 4.69) is 28.9 Å². The minimum absolute atomic E-state index is 0.0199. The molecule has 0 radical (unpaired) electrons. The number of pyridine rings is 1. The number of Topliss-reactive ketones (excluding diaryl/α,β-unsaturated/α-hetero) is 1. The lowest BCUT2D eigenvalue weighted by Crippen LogP contribution is -2.36. The molecule has 0 saturated carbocycles. The van der Waals surface area contributed by atoms with Crippen LogP contribution < -0.4 is 0 Å². The number of carbonyl (C=O) groups is 1. The van der Waals surface area contributed by atoms with E-state index in [1.807, 2.05) is 0 Å². The van der Waals surface area contributed by atoms with Crippen LogP contribution in [0.25, 0.3) is 5.65 Å². The van der Waals surface area contributed by atoms with E-state index in [0.717, 1.165) is 30.8 Å². The highest BCUT2D eigenvalue weighted by atomic mass is 35.5. The van der Waals surface area contributed by atoms with Crippen LogP contribution in [0.15, 0.2) is 30.6 Å². The van der Waals surface area contributed by atoms with Gasteiger partial charge in [-0.15, -0.1) is 0 Å². The van der Waals surface area contributed by atoms with Crippen molar-refractivity contribution in [1.29, 1.82) is 0 Å². The fraction of sp³-hybridized carbons (Fsp3) is 0.478. The lowest BCUT2D eigenvalue weighted by molar-refractivity contribution is -0.141. The number of halogens is 4. The summed E-state index contributed by atoms with van der Waals surface area (Å²) in [4.78, 5) is 20.7. The van der Waals surface area contributed by atoms with Gasteiger partial charge in [0.05, 0.1) is 5.69 Å². The van der Waals surface area contributed by atoms with Crippen LogP contribution in [0.3, 0.4) is 0 Å². The quantitative estimate of drug-likeness (QED) is 0.504. The number of ether oxygens (including phenoxy) is 1. The van der Waals surface area contributed by atoms with Gasteiger partial charge in [0.25, 0.3) is 0 Å². The number of rotatable bonds is 6. The van der Waals surface area contributed by atoms with Gasteiger partial charge < -0.3 is 4.74 Å². The molecule has 0 bridgehead atoms. The van der Waals surface area contributed by atoms with Gasteiger partial charge in [-0.3, -0.25) is 9.78 Å². The minimum atomic E-state index is -4.56. The zero-order valence-corrected chi connectivity index (χ0v) is 19.1. The third kappa shape index (κ3) is 5.04. The molecular formula is C23H24ClF3N4O2. The molecule has 0 atom stereocenters. The Hall–Kier alpha value is -2.52. The van der Waals surface area contributed by atoms with Gasteiger partial charge in [-0.25, -0.2) is 9.50 Å².